The fraction of sp³-hybridized carbons (Fsp3) is 0.308. The second kappa shape index (κ2) is 6.59. The third kappa shape index (κ3) is 3.73. The lowest BCUT2D eigenvalue weighted by Crippen LogP contribution is -2.13. The lowest BCUT2D eigenvalue weighted by molar-refractivity contribution is 0.269. The molecular weight excluding hydrogens is 294 g/mol. The Balaban J connectivity index is 2.24. The van der Waals surface area contributed by atoms with Crippen molar-refractivity contribution in [1.29, 1.82) is 0 Å². The number of aromatic nitrogens is 2. The van der Waals surface area contributed by atoms with Crippen molar-refractivity contribution in [2.45, 2.75) is 18.4 Å². The maximum Gasteiger partial charge on any atom is 0.265 e. The highest BCUT2D eigenvalue weighted by molar-refractivity contribution is 7.92. The summed E-state index contributed by atoms with van der Waals surface area (Å²) in [6.45, 7) is 2.39. The average Bonchev–Trinajstić information content (AvgIpc) is 2.91. The maximum absolute atomic E-state index is 12.3. The van der Waals surface area contributed by atoms with Gasteiger partial charge in [0.15, 0.2) is 0 Å². The van der Waals surface area contributed by atoms with Crippen LogP contribution in [0.3, 0.4) is 0 Å². The summed E-state index contributed by atoms with van der Waals surface area (Å²) in [5, 5.41) is 12.7. The van der Waals surface area contributed by atoms with Crippen molar-refractivity contribution in [1.82, 2.24) is 9.78 Å². The van der Waals surface area contributed by atoms with Gasteiger partial charge in [-0.05, 0) is 19.1 Å². The molecule has 21 heavy (non-hydrogen) atoms. The Bertz CT molecular complexity index is 697. The van der Waals surface area contributed by atoms with Gasteiger partial charge in [0.05, 0.1) is 31.6 Å². The first-order valence-corrected chi connectivity index (χ1v) is 7.93. The van der Waals surface area contributed by atoms with Gasteiger partial charge in [-0.2, -0.15) is 5.10 Å². The van der Waals surface area contributed by atoms with E-state index in [0.717, 1.165) is 0 Å². The van der Waals surface area contributed by atoms with Crippen molar-refractivity contribution < 1.29 is 18.3 Å². The number of ether oxygens (including phenoxy) is 1. The van der Waals surface area contributed by atoms with Gasteiger partial charge in [-0.1, -0.05) is 12.1 Å². The molecule has 0 radical (unpaired) electrons. The van der Waals surface area contributed by atoms with Crippen molar-refractivity contribution >= 4 is 15.7 Å². The Morgan fingerprint density at radius 2 is 2.14 bits per heavy atom. The van der Waals surface area contributed by atoms with E-state index in [0.29, 0.717) is 18.0 Å². The smallest absolute Gasteiger partial charge is 0.265 e. The van der Waals surface area contributed by atoms with Crippen LogP contribution < -0.4 is 9.46 Å². The number of aliphatic hydroxyl groups excluding tert-OH is 1. The van der Waals surface area contributed by atoms with Crippen LogP contribution in [0.2, 0.25) is 0 Å². The maximum atomic E-state index is 12.3. The van der Waals surface area contributed by atoms with Crippen LogP contribution in [-0.4, -0.2) is 36.5 Å². The number of hydrogen-bond donors (Lipinski definition) is 2. The number of sulfonamides is 1. The molecule has 2 N–H and O–H groups in total. The summed E-state index contributed by atoms with van der Waals surface area (Å²) in [6.07, 6.45) is 2.60. The van der Waals surface area contributed by atoms with Gasteiger partial charge in [0.25, 0.3) is 10.0 Å². The molecule has 1 aromatic carbocycles. The molecule has 2 rings (SSSR count). The summed E-state index contributed by atoms with van der Waals surface area (Å²) in [5.74, 6) is 0.464. The molecule has 0 unspecified atom stereocenters. The van der Waals surface area contributed by atoms with Gasteiger partial charge >= 0.3 is 0 Å². The Hall–Kier alpha value is -2.06. The molecule has 7 nitrogen and oxygen atoms in total. The highest BCUT2D eigenvalue weighted by Gasteiger charge is 2.18. The average molecular weight is 311 g/mol. The van der Waals surface area contributed by atoms with E-state index in [-0.39, 0.29) is 18.0 Å². The van der Waals surface area contributed by atoms with E-state index in [1.54, 1.807) is 24.3 Å². The quantitative estimate of drug-likeness (QED) is 0.798. The van der Waals surface area contributed by atoms with Gasteiger partial charge in [-0.3, -0.25) is 9.40 Å². The van der Waals surface area contributed by atoms with Gasteiger partial charge < -0.3 is 9.84 Å². The monoisotopic (exact) mass is 311 g/mol. The minimum atomic E-state index is -3.75. The summed E-state index contributed by atoms with van der Waals surface area (Å²) >= 11 is 0. The van der Waals surface area contributed by atoms with E-state index in [1.165, 1.54) is 17.1 Å². The summed E-state index contributed by atoms with van der Waals surface area (Å²) in [6, 6.07) is 6.80. The molecule has 0 saturated carbocycles. The minimum absolute atomic E-state index is 0.0299. The molecule has 2 aromatic rings. The first-order chi connectivity index (χ1) is 10.1. The topological polar surface area (TPSA) is 93.5 Å². The molecule has 8 heteroatoms. The summed E-state index contributed by atoms with van der Waals surface area (Å²) in [5.41, 5.74) is 0.370. The van der Waals surface area contributed by atoms with Gasteiger partial charge in [0.2, 0.25) is 0 Å². The first kappa shape index (κ1) is 15.3. The third-order valence-corrected chi connectivity index (χ3v) is 4.00. The number of nitrogens with zero attached hydrogens (tertiary/aromatic N) is 2. The second-order valence-electron chi connectivity index (χ2n) is 4.20. The second-order valence-corrected chi connectivity index (χ2v) is 5.88. The molecule has 0 amide bonds. The largest absolute Gasteiger partial charge is 0.492 e. The van der Waals surface area contributed by atoms with Crippen LogP contribution in [0, 0.1) is 0 Å². The zero-order valence-electron chi connectivity index (χ0n) is 11.6. The lowest BCUT2D eigenvalue weighted by Gasteiger charge is -2.11. The van der Waals surface area contributed by atoms with Gasteiger partial charge in [-0.25, -0.2) is 8.42 Å². The molecule has 114 valence electrons. The molecule has 1 aromatic heterocycles. The fourth-order valence-electron chi connectivity index (χ4n) is 1.74. The number of rotatable bonds is 7. The summed E-state index contributed by atoms with van der Waals surface area (Å²) < 4.78 is 33.8. The predicted octanol–water partition coefficient (Wildman–Crippen LogP) is 1.07. The van der Waals surface area contributed by atoms with E-state index >= 15 is 0 Å². The number of benzene rings is 1. The van der Waals surface area contributed by atoms with Crippen molar-refractivity contribution in [3.05, 3.63) is 36.7 Å². The molecule has 0 atom stereocenters. The van der Waals surface area contributed by atoms with E-state index in [1.807, 2.05) is 6.92 Å². The van der Waals surface area contributed by atoms with Crippen LogP contribution >= 0.6 is 0 Å². The molecule has 0 saturated heterocycles. The number of para-hydroxylation sites is 2. The molecule has 0 spiro atoms. The lowest BCUT2D eigenvalue weighted by atomic mass is 10.3. The molecule has 0 aliphatic rings. The fourth-order valence-corrected chi connectivity index (χ4v) is 2.77. The van der Waals surface area contributed by atoms with Crippen LogP contribution in [-0.2, 0) is 16.6 Å². The van der Waals surface area contributed by atoms with Gasteiger partial charge in [0, 0.05) is 6.20 Å². The Morgan fingerprint density at radius 1 is 1.38 bits per heavy atom. The van der Waals surface area contributed by atoms with Crippen LogP contribution in [0.1, 0.15) is 6.92 Å². The Morgan fingerprint density at radius 3 is 2.86 bits per heavy atom. The highest BCUT2D eigenvalue weighted by atomic mass is 32.2. The Labute approximate surface area is 123 Å². The van der Waals surface area contributed by atoms with E-state index in [2.05, 4.69) is 9.82 Å². The van der Waals surface area contributed by atoms with Crippen LogP contribution in [0.25, 0.3) is 0 Å². The van der Waals surface area contributed by atoms with Crippen molar-refractivity contribution in [3.8, 4) is 5.75 Å². The Kier molecular flexibility index (Phi) is 4.81. The summed E-state index contributed by atoms with van der Waals surface area (Å²) in [7, 11) is -3.75. The SMILES string of the molecule is CCOc1ccccc1NS(=O)(=O)c1cnn(CCO)c1. The molecule has 0 fully saturated rings. The standard InChI is InChI=1S/C13H17N3O4S/c1-2-20-13-6-4-3-5-12(13)15-21(18,19)11-9-14-16(10-11)7-8-17/h3-6,9-10,15,17H,2,7-8H2,1H3. The van der Waals surface area contributed by atoms with Gasteiger partial charge in [0.1, 0.15) is 10.6 Å². The zero-order valence-corrected chi connectivity index (χ0v) is 12.4. The van der Waals surface area contributed by atoms with Crippen LogP contribution in [0.5, 0.6) is 5.75 Å². The molecule has 0 bridgehead atoms. The van der Waals surface area contributed by atoms with E-state index < -0.39 is 10.0 Å². The molecular formula is C13H17N3O4S. The minimum Gasteiger partial charge on any atom is -0.492 e. The normalized spacial score (nSPS) is 11.3. The van der Waals surface area contributed by atoms with E-state index in [4.69, 9.17) is 9.84 Å². The first-order valence-electron chi connectivity index (χ1n) is 6.45. The van der Waals surface area contributed by atoms with Crippen molar-refractivity contribution in [2.75, 3.05) is 17.9 Å². The molecule has 1 heterocycles. The van der Waals surface area contributed by atoms with Crippen LogP contribution in [0.15, 0.2) is 41.6 Å². The van der Waals surface area contributed by atoms with Gasteiger partial charge in [-0.15, -0.1) is 0 Å². The highest BCUT2D eigenvalue weighted by Crippen LogP contribution is 2.26. The number of aliphatic hydroxyl groups is 1. The van der Waals surface area contributed by atoms with Crippen molar-refractivity contribution in [2.24, 2.45) is 0 Å². The number of hydrogen-bond acceptors (Lipinski definition) is 5. The number of nitrogens with one attached hydrogen (secondary N) is 1. The zero-order chi connectivity index (χ0) is 15.3. The third-order valence-electron chi connectivity index (χ3n) is 2.68. The number of anilines is 1. The summed E-state index contributed by atoms with van der Waals surface area (Å²) in [4.78, 5) is 0.0299. The van der Waals surface area contributed by atoms with E-state index in [9.17, 15) is 8.42 Å². The predicted molar refractivity (Wildman–Crippen MR) is 77.7 cm³/mol. The van der Waals surface area contributed by atoms with Crippen LogP contribution in [0.4, 0.5) is 5.69 Å². The molecule has 0 aliphatic heterocycles. The van der Waals surface area contributed by atoms with Crippen molar-refractivity contribution in [3.63, 3.8) is 0 Å². The molecule has 0 aliphatic carbocycles.